The lowest BCUT2D eigenvalue weighted by Crippen LogP contribution is -2.39. The van der Waals surface area contributed by atoms with Crippen molar-refractivity contribution in [1.29, 1.82) is 0 Å². The van der Waals surface area contributed by atoms with Crippen LogP contribution in [-0.4, -0.2) is 46.9 Å². The van der Waals surface area contributed by atoms with E-state index in [1.807, 2.05) is 4.90 Å². The number of piperidine rings is 1. The zero-order valence-corrected chi connectivity index (χ0v) is 17.0. The third-order valence-electron chi connectivity index (χ3n) is 5.38. The molecule has 0 aliphatic carbocycles. The van der Waals surface area contributed by atoms with Crippen LogP contribution in [0.3, 0.4) is 0 Å². The second-order valence-corrected chi connectivity index (χ2v) is 7.56. The van der Waals surface area contributed by atoms with Gasteiger partial charge < -0.3 is 19.1 Å². The van der Waals surface area contributed by atoms with Crippen molar-refractivity contribution in [3.05, 3.63) is 51.9 Å². The molecule has 0 radical (unpaired) electrons. The van der Waals surface area contributed by atoms with E-state index in [2.05, 4.69) is 10.1 Å². The fourth-order valence-electron chi connectivity index (χ4n) is 3.82. The van der Waals surface area contributed by atoms with E-state index in [-0.39, 0.29) is 23.3 Å². The van der Waals surface area contributed by atoms with Crippen LogP contribution in [0.5, 0.6) is 17.2 Å². The van der Waals surface area contributed by atoms with E-state index < -0.39 is 30.8 Å². The molecule has 0 atom stereocenters. The number of aromatic nitrogens is 3. The van der Waals surface area contributed by atoms with E-state index in [1.54, 1.807) is 19.1 Å². The highest BCUT2D eigenvalue weighted by atomic mass is 19.3. The van der Waals surface area contributed by atoms with Crippen LogP contribution in [-0.2, 0) is 0 Å². The minimum atomic E-state index is -2.85. The molecule has 0 amide bonds. The SMILES string of the molecule is [2H]C1([2H])Oc2ccc(OC3CCN(c4nn5c(=O)cc(C(F)F)nc5cc4C)CC3)cc2OC1([2H])[2H]. The van der Waals surface area contributed by atoms with Crippen LogP contribution in [0.4, 0.5) is 14.6 Å². The Hall–Kier alpha value is -3.43. The van der Waals surface area contributed by atoms with E-state index in [4.69, 9.17) is 19.7 Å². The van der Waals surface area contributed by atoms with Crippen LogP contribution in [0, 0.1) is 6.92 Å². The van der Waals surface area contributed by atoms with Gasteiger partial charge in [-0.1, -0.05) is 0 Å². The first-order chi connectivity index (χ1) is 16.9. The van der Waals surface area contributed by atoms with Gasteiger partial charge in [0, 0.05) is 38.1 Å². The molecule has 2 aliphatic rings. The first kappa shape index (κ1) is 16.2. The smallest absolute Gasteiger partial charge is 0.280 e. The highest BCUT2D eigenvalue weighted by molar-refractivity contribution is 5.53. The van der Waals surface area contributed by atoms with Gasteiger partial charge in [-0.15, -0.1) is 5.10 Å². The second kappa shape index (κ2) is 8.25. The lowest BCUT2D eigenvalue weighted by Gasteiger charge is -2.33. The zero-order chi connectivity index (χ0) is 25.8. The van der Waals surface area contributed by atoms with Gasteiger partial charge in [0.05, 0.1) is 5.48 Å². The minimum absolute atomic E-state index is 0.0510. The summed E-state index contributed by atoms with van der Waals surface area (Å²) >= 11 is 0. The third kappa shape index (κ3) is 3.92. The molecule has 2 aliphatic heterocycles. The van der Waals surface area contributed by atoms with Crippen molar-refractivity contribution in [2.24, 2.45) is 0 Å². The summed E-state index contributed by atoms with van der Waals surface area (Å²) in [6.45, 7) is -2.38. The van der Waals surface area contributed by atoms with E-state index in [1.165, 1.54) is 12.1 Å². The van der Waals surface area contributed by atoms with Crippen LogP contribution < -0.4 is 24.7 Å². The molecule has 3 aromatic rings. The summed E-state index contributed by atoms with van der Waals surface area (Å²) < 4.78 is 74.1. The quantitative estimate of drug-likeness (QED) is 0.607. The third-order valence-corrected chi connectivity index (χ3v) is 5.38. The number of rotatable bonds is 4. The average molecular weight is 448 g/mol. The van der Waals surface area contributed by atoms with Gasteiger partial charge in [-0.25, -0.2) is 13.8 Å². The molecule has 1 saturated heterocycles. The number of aryl methyl sites for hydroxylation is 1. The fraction of sp³-hybridized carbons (Fsp3) is 0.409. The summed E-state index contributed by atoms with van der Waals surface area (Å²) in [5.41, 5.74) is -0.492. The van der Waals surface area contributed by atoms with Gasteiger partial charge in [-0.05, 0) is 30.7 Å². The van der Waals surface area contributed by atoms with Gasteiger partial charge in [0.15, 0.2) is 23.0 Å². The highest BCUT2D eigenvalue weighted by Crippen LogP contribution is 2.34. The Morgan fingerprint density at radius 1 is 1.16 bits per heavy atom. The molecule has 0 unspecified atom stereocenters. The minimum Gasteiger partial charge on any atom is -0.490 e. The zero-order valence-electron chi connectivity index (χ0n) is 21.0. The Morgan fingerprint density at radius 2 is 1.91 bits per heavy atom. The number of anilines is 1. The topological polar surface area (TPSA) is 78.2 Å². The van der Waals surface area contributed by atoms with Crippen LogP contribution in [0.2, 0.25) is 0 Å². The molecule has 2 aromatic heterocycles. The average Bonchev–Trinajstić information content (AvgIpc) is 2.80. The van der Waals surface area contributed by atoms with E-state index >= 15 is 0 Å². The Bertz CT molecular complexity index is 1380. The normalized spacial score (nSPS) is 21.6. The molecule has 0 spiro atoms. The summed E-state index contributed by atoms with van der Waals surface area (Å²) in [6, 6.07) is 6.90. The van der Waals surface area contributed by atoms with Crippen molar-refractivity contribution >= 4 is 11.5 Å². The van der Waals surface area contributed by atoms with Crippen LogP contribution >= 0.6 is 0 Å². The first-order valence-corrected chi connectivity index (χ1v) is 10.1. The number of hydrogen-bond acceptors (Lipinski definition) is 7. The molecule has 8 nitrogen and oxygen atoms in total. The van der Waals surface area contributed by atoms with Gasteiger partial charge in [0.25, 0.3) is 12.0 Å². The van der Waals surface area contributed by atoms with Crippen LogP contribution in [0.25, 0.3) is 5.65 Å². The molecule has 1 fully saturated rings. The maximum atomic E-state index is 13.0. The molecule has 32 heavy (non-hydrogen) atoms. The summed E-state index contributed by atoms with van der Waals surface area (Å²) in [5.74, 6) is 1.13. The van der Waals surface area contributed by atoms with Crippen molar-refractivity contribution in [2.75, 3.05) is 31.1 Å². The molecular weight excluding hydrogens is 422 g/mol. The lowest BCUT2D eigenvalue weighted by molar-refractivity contribution is 0.146. The predicted octanol–water partition coefficient (Wildman–Crippen LogP) is 3.15. The Balaban J connectivity index is 1.28. The molecular formula is C22H22F2N4O4. The number of hydrogen-bond donors (Lipinski definition) is 0. The Morgan fingerprint density at radius 3 is 2.66 bits per heavy atom. The molecule has 0 N–H and O–H groups in total. The van der Waals surface area contributed by atoms with Crippen molar-refractivity contribution in [3.63, 3.8) is 0 Å². The molecule has 4 heterocycles. The van der Waals surface area contributed by atoms with Crippen molar-refractivity contribution in [3.8, 4) is 17.2 Å². The van der Waals surface area contributed by atoms with Gasteiger partial charge in [0.2, 0.25) is 0 Å². The van der Waals surface area contributed by atoms with E-state index in [0.29, 0.717) is 43.1 Å². The second-order valence-electron chi connectivity index (χ2n) is 7.56. The van der Waals surface area contributed by atoms with E-state index in [9.17, 15) is 13.6 Å². The summed E-state index contributed by atoms with van der Waals surface area (Å²) in [4.78, 5) is 18.1. The number of halogens is 2. The monoisotopic (exact) mass is 448 g/mol. The molecule has 168 valence electrons. The Labute approximate surface area is 188 Å². The maximum absolute atomic E-state index is 13.0. The molecule has 0 saturated carbocycles. The van der Waals surface area contributed by atoms with E-state index in [0.717, 1.165) is 10.6 Å². The largest absolute Gasteiger partial charge is 0.490 e. The molecule has 0 bridgehead atoms. The first-order valence-electron chi connectivity index (χ1n) is 12.1. The van der Waals surface area contributed by atoms with Gasteiger partial charge in [-0.2, -0.15) is 4.52 Å². The summed E-state index contributed by atoms with van der Waals surface area (Å²) in [7, 11) is 0. The van der Waals surface area contributed by atoms with Crippen LogP contribution in [0.15, 0.2) is 35.1 Å². The molecule has 10 heteroatoms. The lowest BCUT2D eigenvalue weighted by atomic mass is 10.1. The standard InChI is InChI=1S/C22H22F2N4O4/c1-13-10-19-25-16(21(23)24)12-20(29)28(19)26-22(13)27-6-4-14(5-7-27)32-15-2-3-17-18(11-15)31-9-8-30-17/h2-3,10-12,14,21H,4-9H2,1H3/i8D2,9D2. The fourth-order valence-corrected chi connectivity index (χ4v) is 3.82. The molecule has 5 rings (SSSR count). The van der Waals surface area contributed by atoms with Crippen molar-refractivity contribution in [1.82, 2.24) is 14.6 Å². The van der Waals surface area contributed by atoms with Crippen molar-refractivity contribution < 1.29 is 28.5 Å². The number of alkyl halides is 2. The predicted molar refractivity (Wildman–Crippen MR) is 112 cm³/mol. The van der Waals surface area contributed by atoms with Gasteiger partial charge in [-0.3, -0.25) is 4.79 Å². The Kier molecular flexibility index (Phi) is 4.19. The summed E-state index contributed by atoms with van der Waals surface area (Å²) in [6.07, 6.45) is -1.77. The highest BCUT2D eigenvalue weighted by Gasteiger charge is 2.24. The summed E-state index contributed by atoms with van der Waals surface area (Å²) in [5, 5.41) is 4.37. The number of nitrogens with zero attached hydrogens (tertiary/aromatic N) is 4. The van der Waals surface area contributed by atoms with Gasteiger partial charge >= 0.3 is 0 Å². The van der Waals surface area contributed by atoms with Crippen LogP contribution in [0.1, 0.15) is 36.0 Å². The maximum Gasteiger partial charge on any atom is 0.280 e. The number of fused-ring (bicyclic) bond motifs is 2. The van der Waals surface area contributed by atoms with Gasteiger partial charge in [0.1, 0.15) is 30.7 Å². The number of ether oxygens (including phenoxy) is 3. The van der Waals surface area contributed by atoms with Crippen molar-refractivity contribution in [2.45, 2.75) is 32.3 Å². The number of benzene rings is 1. The molecule has 1 aromatic carbocycles.